The molecule has 4 heteroatoms. The summed E-state index contributed by atoms with van der Waals surface area (Å²) in [6.07, 6.45) is 0. The van der Waals surface area contributed by atoms with E-state index < -0.39 is 5.97 Å². The molecule has 0 aliphatic heterocycles. The van der Waals surface area contributed by atoms with Crippen LogP contribution in [0, 0.1) is 0 Å². The van der Waals surface area contributed by atoms with Gasteiger partial charge < -0.3 is 9.99 Å². The van der Waals surface area contributed by atoms with Gasteiger partial charge in [0.1, 0.15) is 0 Å². The van der Waals surface area contributed by atoms with Crippen LogP contribution in [0.4, 0.5) is 0 Å². The van der Waals surface area contributed by atoms with Gasteiger partial charge in [0.05, 0.1) is 5.56 Å². The molecule has 0 saturated carbocycles. The Morgan fingerprint density at radius 3 is 2.50 bits per heavy atom. The minimum atomic E-state index is -0.974. The Morgan fingerprint density at radius 2 is 2.07 bits per heavy atom. The largest absolute Gasteiger partial charge is 0.478 e. The zero-order chi connectivity index (χ0) is 10.7. The monoisotopic (exact) mass is 196 g/mol. The molecule has 4 nitrogen and oxygen atoms in total. The van der Waals surface area contributed by atoms with Crippen LogP contribution in [0.3, 0.4) is 0 Å². The predicted molar refractivity (Wildman–Crippen MR) is 50.7 cm³/mol. The Bertz CT molecular complexity index is 344. The lowest BCUT2D eigenvalue weighted by Crippen LogP contribution is -2.04. The van der Waals surface area contributed by atoms with E-state index in [0.29, 0.717) is 5.56 Å². The van der Waals surface area contributed by atoms with Gasteiger partial charge in [-0.25, -0.2) is 10.1 Å². The standard InChI is InChI=1S/C10H12O4/c1-6(2)9-5-7(14-13)3-4-8(9)10(11)12/h3-6,13H,1-2H3,(H,11,12). The first-order chi connectivity index (χ1) is 6.56. The molecule has 1 aromatic carbocycles. The van der Waals surface area contributed by atoms with Crippen LogP contribution in [0.1, 0.15) is 35.7 Å². The Labute approximate surface area is 81.7 Å². The molecular formula is C10H12O4. The first kappa shape index (κ1) is 10.5. The lowest BCUT2D eigenvalue weighted by atomic mass is 9.97. The Morgan fingerprint density at radius 1 is 1.43 bits per heavy atom. The third-order valence-corrected chi connectivity index (χ3v) is 1.98. The van der Waals surface area contributed by atoms with Gasteiger partial charge in [0.2, 0.25) is 0 Å². The fourth-order valence-corrected chi connectivity index (χ4v) is 1.27. The van der Waals surface area contributed by atoms with E-state index in [0.717, 1.165) is 0 Å². The normalized spacial score (nSPS) is 10.3. The van der Waals surface area contributed by atoms with Gasteiger partial charge in [-0.3, -0.25) is 0 Å². The Hall–Kier alpha value is -1.55. The van der Waals surface area contributed by atoms with Gasteiger partial charge in [-0.05, 0) is 29.7 Å². The molecule has 0 aliphatic carbocycles. The number of hydrogen-bond donors (Lipinski definition) is 2. The van der Waals surface area contributed by atoms with Gasteiger partial charge in [-0.15, -0.1) is 0 Å². The fraction of sp³-hybridized carbons (Fsp3) is 0.300. The lowest BCUT2D eigenvalue weighted by molar-refractivity contribution is -0.137. The molecular weight excluding hydrogens is 184 g/mol. The van der Waals surface area contributed by atoms with Crippen molar-refractivity contribution in [3.63, 3.8) is 0 Å². The van der Waals surface area contributed by atoms with Crippen molar-refractivity contribution < 1.29 is 20.0 Å². The second-order valence-electron chi connectivity index (χ2n) is 3.30. The van der Waals surface area contributed by atoms with Crippen LogP contribution in [-0.2, 0) is 0 Å². The predicted octanol–water partition coefficient (Wildman–Crippen LogP) is 2.36. The third-order valence-electron chi connectivity index (χ3n) is 1.98. The third kappa shape index (κ3) is 2.03. The number of carbonyl (C=O) groups is 1. The number of carboxylic acid groups (broad SMARTS) is 1. The van der Waals surface area contributed by atoms with E-state index in [-0.39, 0.29) is 17.2 Å². The van der Waals surface area contributed by atoms with Crippen LogP contribution in [0.5, 0.6) is 5.75 Å². The highest BCUT2D eigenvalue weighted by atomic mass is 17.1. The maximum Gasteiger partial charge on any atom is 0.335 e. The van der Waals surface area contributed by atoms with Crippen molar-refractivity contribution in [1.82, 2.24) is 0 Å². The quantitative estimate of drug-likeness (QED) is 0.575. The van der Waals surface area contributed by atoms with Crippen molar-refractivity contribution in [3.8, 4) is 5.75 Å². The molecule has 0 unspecified atom stereocenters. The molecule has 0 fully saturated rings. The smallest absolute Gasteiger partial charge is 0.335 e. The number of hydrogen-bond acceptors (Lipinski definition) is 3. The van der Waals surface area contributed by atoms with Crippen LogP contribution in [0.15, 0.2) is 18.2 Å². The fourth-order valence-electron chi connectivity index (χ4n) is 1.27. The number of carboxylic acids is 1. The highest BCUT2D eigenvalue weighted by Crippen LogP contribution is 2.24. The van der Waals surface area contributed by atoms with E-state index >= 15 is 0 Å². The second-order valence-corrected chi connectivity index (χ2v) is 3.30. The molecule has 0 atom stereocenters. The average molecular weight is 196 g/mol. The summed E-state index contributed by atoms with van der Waals surface area (Å²) in [4.78, 5) is 14.9. The summed E-state index contributed by atoms with van der Waals surface area (Å²) in [6.45, 7) is 3.76. The van der Waals surface area contributed by atoms with E-state index in [9.17, 15) is 4.79 Å². The van der Waals surface area contributed by atoms with Crippen molar-refractivity contribution in [2.45, 2.75) is 19.8 Å². The molecule has 0 spiro atoms. The molecule has 14 heavy (non-hydrogen) atoms. The topological polar surface area (TPSA) is 66.8 Å². The van der Waals surface area contributed by atoms with Crippen LogP contribution in [0.25, 0.3) is 0 Å². The molecule has 0 aromatic heterocycles. The van der Waals surface area contributed by atoms with Gasteiger partial charge in [0.25, 0.3) is 0 Å². The number of benzene rings is 1. The summed E-state index contributed by atoms with van der Waals surface area (Å²) >= 11 is 0. The second kappa shape index (κ2) is 4.11. The van der Waals surface area contributed by atoms with Crippen LogP contribution in [-0.4, -0.2) is 16.3 Å². The van der Waals surface area contributed by atoms with Crippen molar-refractivity contribution >= 4 is 5.97 Å². The minimum absolute atomic E-state index is 0.0659. The molecule has 76 valence electrons. The number of aromatic carboxylic acids is 1. The highest BCUT2D eigenvalue weighted by molar-refractivity contribution is 5.89. The van der Waals surface area contributed by atoms with Gasteiger partial charge >= 0.3 is 5.97 Å². The maximum atomic E-state index is 10.8. The molecule has 1 rings (SSSR count). The summed E-state index contributed by atoms with van der Waals surface area (Å²) in [5, 5.41) is 17.3. The highest BCUT2D eigenvalue weighted by Gasteiger charge is 2.13. The molecule has 0 amide bonds. The van der Waals surface area contributed by atoms with E-state index in [4.69, 9.17) is 10.4 Å². The van der Waals surface area contributed by atoms with Crippen LogP contribution in [0.2, 0.25) is 0 Å². The van der Waals surface area contributed by atoms with Crippen molar-refractivity contribution in [1.29, 1.82) is 0 Å². The van der Waals surface area contributed by atoms with Gasteiger partial charge in [0, 0.05) is 0 Å². The van der Waals surface area contributed by atoms with Crippen LogP contribution < -0.4 is 4.89 Å². The first-order valence-corrected chi connectivity index (χ1v) is 4.25. The summed E-state index contributed by atoms with van der Waals surface area (Å²) in [6, 6.07) is 4.35. The molecule has 2 N–H and O–H groups in total. The van der Waals surface area contributed by atoms with Crippen molar-refractivity contribution in [2.75, 3.05) is 0 Å². The summed E-state index contributed by atoms with van der Waals surface area (Å²) < 4.78 is 0. The average Bonchev–Trinajstić information content (AvgIpc) is 2.16. The Kier molecular flexibility index (Phi) is 3.09. The van der Waals surface area contributed by atoms with Crippen molar-refractivity contribution in [3.05, 3.63) is 29.3 Å². The van der Waals surface area contributed by atoms with E-state index in [1.807, 2.05) is 13.8 Å². The van der Waals surface area contributed by atoms with Gasteiger partial charge in [-0.1, -0.05) is 13.8 Å². The zero-order valence-electron chi connectivity index (χ0n) is 8.02. The molecule has 0 radical (unpaired) electrons. The molecule has 0 aliphatic rings. The van der Waals surface area contributed by atoms with E-state index in [1.165, 1.54) is 18.2 Å². The number of rotatable bonds is 3. The first-order valence-electron chi connectivity index (χ1n) is 4.25. The summed E-state index contributed by atoms with van der Waals surface area (Å²) in [5.41, 5.74) is 0.879. The molecule has 0 bridgehead atoms. The Balaban J connectivity index is 3.24. The van der Waals surface area contributed by atoms with E-state index in [2.05, 4.69) is 4.89 Å². The minimum Gasteiger partial charge on any atom is -0.478 e. The SMILES string of the molecule is CC(C)c1cc(OO)ccc1C(=O)O. The molecule has 0 saturated heterocycles. The summed E-state index contributed by atoms with van der Waals surface area (Å²) in [5.74, 6) is -0.659. The lowest BCUT2D eigenvalue weighted by Gasteiger charge is -2.10. The zero-order valence-corrected chi connectivity index (χ0v) is 8.02. The van der Waals surface area contributed by atoms with Gasteiger partial charge in [-0.2, -0.15) is 0 Å². The van der Waals surface area contributed by atoms with Crippen molar-refractivity contribution in [2.24, 2.45) is 0 Å². The summed E-state index contributed by atoms with van der Waals surface area (Å²) in [7, 11) is 0. The van der Waals surface area contributed by atoms with E-state index in [1.54, 1.807) is 0 Å². The molecule has 0 heterocycles. The maximum absolute atomic E-state index is 10.8. The van der Waals surface area contributed by atoms with Gasteiger partial charge in [0.15, 0.2) is 5.75 Å². The van der Waals surface area contributed by atoms with Crippen LogP contribution >= 0.6 is 0 Å². The molecule has 1 aromatic rings.